The van der Waals surface area contributed by atoms with Crippen molar-refractivity contribution >= 4 is 35.6 Å². The maximum atomic E-state index is 5.85. The Labute approximate surface area is 214 Å². The van der Waals surface area contributed by atoms with Crippen LogP contribution in [0.1, 0.15) is 30.9 Å². The normalized spacial score (nSPS) is 15.8. The van der Waals surface area contributed by atoms with Gasteiger partial charge in [0.15, 0.2) is 11.8 Å². The molecule has 1 atom stereocenters. The summed E-state index contributed by atoms with van der Waals surface area (Å²) in [7, 11) is 4.08. The van der Waals surface area contributed by atoms with Crippen molar-refractivity contribution in [2.24, 2.45) is 12.0 Å². The third kappa shape index (κ3) is 9.46. The molecule has 2 heterocycles. The molecule has 0 saturated carbocycles. The molecule has 1 aliphatic heterocycles. The van der Waals surface area contributed by atoms with Crippen molar-refractivity contribution in [3.63, 3.8) is 0 Å². The van der Waals surface area contributed by atoms with Crippen LogP contribution in [-0.4, -0.2) is 73.3 Å². The highest BCUT2D eigenvalue weighted by atomic mass is 127. The topological polar surface area (TPSA) is 88.8 Å². The molecule has 184 valence electrons. The second kappa shape index (κ2) is 15.1. The van der Waals surface area contributed by atoms with Gasteiger partial charge in [0.2, 0.25) is 0 Å². The number of para-hydroxylation sites is 1. The molecule has 1 fully saturated rings. The maximum absolute atomic E-state index is 5.85. The lowest BCUT2D eigenvalue weighted by atomic mass is 10.3. The number of aromatic nitrogens is 3. The molecule has 3 rings (SSSR count). The van der Waals surface area contributed by atoms with Gasteiger partial charge >= 0.3 is 0 Å². The van der Waals surface area contributed by atoms with E-state index in [1.165, 1.54) is 5.69 Å². The highest BCUT2D eigenvalue weighted by Gasteiger charge is 2.15. The summed E-state index contributed by atoms with van der Waals surface area (Å²) in [6.45, 7) is 7.25. The number of aliphatic imine (C=N–C) groups is 1. The van der Waals surface area contributed by atoms with Crippen LogP contribution in [0.15, 0.2) is 35.3 Å². The zero-order chi connectivity index (χ0) is 22.6. The summed E-state index contributed by atoms with van der Waals surface area (Å²) in [6.07, 6.45) is 3.16. The van der Waals surface area contributed by atoms with E-state index in [-0.39, 0.29) is 30.1 Å². The van der Waals surface area contributed by atoms with Gasteiger partial charge in [-0.15, -0.1) is 34.2 Å². The predicted molar refractivity (Wildman–Crippen MR) is 142 cm³/mol. The van der Waals surface area contributed by atoms with E-state index >= 15 is 0 Å². The average molecular weight is 572 g/mol. The van der Waals surface area contributed by atoms with Gasteiger partial charge in [-0.3, -0.25) is 0 Å². The van der Waals surface area contributed by atoms with Crippen molar-refractivity contribution in [1.29, 1.82) is 0 Å². The number of hydrogen-bond acceptors (Lipinski definition) is 6. The molecule has 9 nitrogen and oxygen atoms in total. The minimum absolute atomic E-state index is 0. The zero-order valence-corrected chi connectivity index (χ0v) is 22.3. The molecule has 33 heavy (non-hydrogen) atoms. The lowest BCUT2D eigenvalue weighted by Crippen LogP contribution is -2.39. The Morgan fingerprint density at radius 3 is 2.64 bits per heavy atom. The van der Waals surface area contributed by atoms with Gasteiger partial charge in [-0.25, -0.2) is 4.99 Å². The van der Waals surface area contributed by atoms with Crippen LogP contribution in [0, 0.1) is 6.92 Å². The van der Waals surface area contributed by atoms with Gasteiger partial charge in [-0.1, -0.05) is 18.2 Å². The van der Waals surface area contributed by atoms with Crippen molar-refractivity contribution in [3.05, 3.63) is 42.0 Å². The Morgan fingerprint density at radius 1 is 1.21 bits per heavy atom. The summed E-state index contributed by atoms with van der Waals surface area (Å²) >= 11 is 0. The first-order valence-corrected chi connectivity index (χ1v) is 11.5. The van der Waals surface area contributed by atoms with Gasteiger partial charge in [0.1, 0.15) is 12.4 Å². The van der Waals surface area contributed by atoms with Crippen LogP contribution in [-0.2, 0) is 23.1 Å². The molecule has 0 spiro atoms. The third-order valence-corrected chi connectivity index (χ3v) is 5.58. The van der Waals surface area contributed by atoms with E-state index in [1.807, 2.05) is 24.6 Å². The van der Waals surface area contributed by atoms with Gasteiger partial charge in [0.25, 0.3) is 0 Å². The van der Waals surface area contributed by atoms with Gasteiger partial charge in [-0.2, -0.15) is 0 Å². The lowest BCUT2D eigenvalue weighted by molar-refractivity contribution is 0.0420. The molecular formula is C23H38IN7O2. The standard InChI is InChI=1S/C23H37N7O2.HI/c1-19-27-28-22(30(19)3)17-26-23(25-13-8-15-32-21-11-16-31-18-21)24-12-7-14-29(2)20-9-5-4-6-10-20;/h4-6,9-10,21H,7-8,11-18H2,1-3H3,(H2,24,25,26);1H. The van der Waals surface area contributed by atoms with Gasteiger partial charge in [0, 0.05) is 52.6 Å². The molecule has 0 aliphatic carbocycles. The van der Waals surface area contributed by atoms with Gasteiger partial charge < -0.3 is 29.6 Å². The molecule has 0 amide bonds. The second-order valence-corrected chi connectivity index (χ2v) is 8.06. The summed E-state index contributed by atoms with van der Waals surface area (Å²) in [5.41, 5.74) is 1.23. The van der Waals surface area contributed by atoms with Crippen LogP contribution in [0.3, 0.4) is 0 Å². The quantitative estimate of drug-likeness (QED) is 0.175. The van der Waals surface area contributed by atoms with Gasteiger partial charge in [0.05, 0.1) is 12.7 Å². The number of rotatable bonds is 12. The second-order valence-electron chi connectivity index (χ2n) is 8.06. The Balaban J connectivity index is 0.00000385. The molecule has 1 aromatic carbocycles. The summed E-state index contributed by atoms with van der Waals surface area (Å²) in [6, 6.07) is 10.4. The SMILES string of the molecule is Cc1nnc(CN=C(NCCCOC2CCOC2)NCCCN(C)c2ccccc2)n1C.I. The Kier molecular flexibility index (Phi) is 12.5. The monoisotopic (exact) mass is 571 g/mol. The lowest BCUT2D eigenvalue weighted by Gasteiger charge is -2.20. The molecule has 1 aliphatic rings. The summed E-state index contributed by atoms with van der Waals surface area (Å²) in [5.74, 6) is 2.52. The van der Waals surface area contributed by atoms with E-state index < -0.39 is 0 Å². The Morgan fingerprint density at radius 2 is 1.97 bits per heavy atom. The molecule has 1 aromatic heterocycles. The summed E-state index contributed by atoms with van der Waals surface area (Å²) in [4.78, 5) is 6.98. The van der Waals surface area contributed by atoms with E-state index in [0.717, 1.165) is 76.3 Å². The van der Waals surface area contributed by atoms with Crippen LogP contribution in [0.2, 0.25) is 0 Å². The minimum atomic E-state index is 0. The predicted octanol–water partition coefficient (Wildman–Crippen LogP) is 2.50. The van der Waals surface area contributed by atoms with Crippen LogP contribution < -0.4 is 15.5 Å². The van der Waals surface area contributed by atoms with Crippen LogP contribution in [0.4, 0.5) is 5.69 Å². The fourth-order valence-corrected chi connectivity index (χ4v) is 3.42. The first-order valence-electron chi connectivity index (χ1n) is 11.5. The molecule has 0 bridgehead atoms. The smallest absolute Gasteiger partial charge is 0.191 e. The number of ether oxygens (including phenoxy) is 2. The largest absolute Gasteiger partial charge is 0.379 e. The molecule has 1 unspecified atom stereocenters. The third-order valence-electron chi connectivity index (χ3n) is 5.58. The van der Waals surface area contributed by atoms with E-state index in [0.29, 0.717) is 6.54 Å². The van der Waals surface area contributed by atoms with E-state index in [4.69, 9.17) is 14.5 Å². The fraction of sp³-hybridized carbons (Fsp3) is 0.609. The van der Waals surface area contributed by atoms with Crippen LogP contribution in [0.25, 0.3) is 0 Å². The van der Waals surface area contributed by atoms with Crippen molar-refractivity contribution in [3.8, 4) is 0 Å². The molecule has 1 saturated heterocycles. The van der Waals surface area contributed by atoms with Crippen molar-refractivity contribution in [1.82, 2.24) is 25.4 Å². The number of guanidine groups is 1. The molecular weight excluding hydrogens is 533 g/mol. The first-order chi connectivity index (χ1) is 15.6. The van der Waals surface area contributed by atoms with E-state index in [2.05, 4.69) is 57.0 Å². The highest BCUT2D eigenvalue weighted by molar-refractivity contribution is 14.0. The van der Waals surface area contributed by atoms with Gasteiger partial charge in [-0.05, 0) is 38.3 Å². The van der Waals surface area contributed by atoms with Crippen LogP contribution >= 0.6 is 24.0 Å². The number of nitrogens with one attached hydrogen (secondary N) is 2. The number of anilines is 1. The number of halogens is 1. The van der Waals surface area contributed by atoms with E-state index in [1.54, 1.807) is 0 Å². The zero-order valence-electron chi connectivity index (χ0n) is 20.0. The molecule has 0 radical (unpaired) electrons. The van der Waals surface area contributed by atoms with Crippen molar-refractivity contribution in [2.75, 3.05) is 51.4 Å². The highest BCUT2D eigenvalue weighted by Crippen LogP contribution is 2.11. The number of nitrogens with zero attached hydrogens (tertiary/aromatic N) is 5. The van der Waals surface area contributed by atoms with Crippen LogP contribution in [0.5, 0.6) is 0 Å². The van der Waals surface area contributed by atoms with Crippen molar-refractivity contribution in [2.45, 2.75) is 38.8 Å². The van der Waals surface area contributed by atoms with Crippen molar-refractivity contribution < 1.29 is 9.47 Å². The number of benzene rings is 1. The Bertz CT molecular complexity index is 825. The fourth-order valence-electron chi connectivity index (χ4n) is 3.42. The summed E-state index contributed by atoms with van der Waals surface area (Å²) in [5, 5.41) is 15.2. The van der Waals surface area contributed by atoms with E-state index in [9.17, 15) is 0 Å². The minimum Gasteiger partial charge on any atom is -0.379 e. The molecule has 2 aromatic rings. The molecule has 2 N–H and O–H groups in total. The molecule has 10 heteroatoms. The maximum Gasteiger partial charge on any atom is 0.191 e. The summed E-state index contributed by atoms with van der Waals surface area (Å²) < 4.78 is 13.2. The average Bonchev–Trinajstić information content (AvgIpc) is 3.45. The number of hydrogen-bond donors (Lipinski definition) is 2. The Hall–Kier alpha value is -1.92. The first kappa shape index (κ1) is 27.3. The number of aryl methyl sites for hydroxylation is 1.